The SMILES string of the molecule is CC/C=C\C/C=C\C/C=C\C/C=C\CCC(=O)OC(/C=C\C/C=C\CC)/C=C\CCCCCC(=O)NCC(=O)NC(CO)C(=O)O. The summed E-state index contributed by atoms with van der Waals surface area (Å²) in [7, 11) is 0. The van der Waals surface area contributed by atoms with E-state index in [0.29, 0.717) is 19.3 Å². The van der Waals surface area contributed by atoms with Gasteiger partial charge in [-0.1, -0.05) is 93.2 Å². The van der Waals surface area contributed by atoms with E-state index >= 15 is 0 Å². The van der Waals surface area contributed by atoms with Gasteiger partial charge >= 0.3 is 11.9 Å². The van der Waals surface area contributed by atoms with Crippen molar-refractivity contribution in [1.29, 1.82) is 0 Å². The van der Waals surface area contributed by atoms with Gasteiger partial charge in [-0.3, -0.25) is 14.4 Å². The van der Waals surface area contributed by atoms with E-state index in [2.05, 4.69) is 79.2 Å². The Hall–Kier alpha value is -3.98. The van der Waals surface area contributed by atoms with Crippen molar-refractivity contribution in [3.05, 3.63) is 85.1 Å². The van der Waals surface area contributed by atoms with Gasteiger partial charge in [-0.2, -0.15) is 0 Å². The fourth-order valence-electron chi connectivity index (χ4n) is 3.86. The van der Waals surface area contributed by atoms with Gasteiger partial charge in [0.25, 0.3) is 0 Å². The molecule has 0 bridgehead atoms. The predicted molar refractivity (Wildman–Crippen MR) is 185 cm³/mol. The zero-order valence-electron chi connectivity index (χ0n) is 27.8. The van der Waals surface area contributed by atoms with Gasteiger partial charge in [0.05, 0.1) is 13.2 Å². The monoisotopic (exact) mass is 640 g/mol. The van der Waals surface area contributed by atoms with Crippen molar-refractivity contribution in [1.82, 2.24) is 10.6 Å². The molecule has 0 rings (SSSR count). The molecule has 0 fully saturated rings. The molecule has 4 N–H and O–H groups in total. The number of carboxylic acids is 1. The maximum absolute atomic E-state index is 12.5. The topological polar surface area (TPSA) is 142 Å². The first kappa shape index (κ1) is 42.0. The van der Waals surface area contributed by atoms with Crippen molar-refractivity contribution >= 4 is 23.8 Å². The second-order valence-electron chi connectivity index (χ2n) is 10.5. The van der Waals surface area contributed by atoms with Crippen LogP contribution in [0.1, 0.15) is 97.3 Å². The van der Waals surface area contributed by atoms with E-state index in [1.807, 2.05) is 30.4 Å². The molecule has 46 heavy (non-hydrogen) atoms. The number of aliphatic carboxylic acids is 1. The van der Waals surface area contributed by atoms with Crippen molar-refractivity contribution in [2.45, 2.75) is 109 Å². The first-order chi connectivity index (χ1) is 22.3. The number of esters is 1. The summed E-state index contributed by atoms with van der Waals surface area (Å²) in [5.74, 6) is -2.58. The van der Waals surface area contributed by atoms with E-state index in [1.54, 1.807) is 0 Å². The smallest absolute Gasteiger partial charge is 0.328 e. The summed E-state index contributed by atoms with van der Waals surface area (Å²) < 4.78 is 5.68. The molecule has 9 nitrogen and oxygen atoms in total. The molecule has 0 aliphatic heterocycles. The largest absolute Gasteiger partial charge is 0.480 e. The highest BCUT2D eigenvalue weighted by Gasteiger charge is 2.18. The van der Waals surface area contributed by atoms with Crippen LogP contribution in [0, 0.1) is 0 Å². The van der Waals surface area contributed by atoms with Gasteiger partial charge in [0, 0.05) is 12.8 Å². The van der Waals surface area contributed by atoms with Crippen LogP contribution in [0.4, 0.5) is 0 Å². The lowest BCUT2D eigenvalue weighted by Gasteiger charge is -2.12. The molecule has 256 valence electrons. The van der Waals surface area contributed by atoms with Crippen LogP contribution in [0.15, 0.2) is 85.1 Å². The number of hydrogen-bond acceptors (Lipinski definition) is 6. The predicted octanol–water partition coefficient (Wildman–Crippen LogP) is 6.58. The second kappa shape index (κ2) is 31.0. The number of aliphatic hydroxyl groups is 1. The van der Waals surface area contributed by atoms with Crippen molar-refractivity contribution in [2.24, 2.45) is 0 Å². The lowest BCUT2D eigenvalue weighted by Crippen LogP contribution is -2.47. The Balaban J connectivity index is 4.42. The lowest BCUT2D eigenvalue weighted by molar-refractivity contribution is -0.145. The Morgan fingerprint density at radius 2 is 1.22 bits per heavy atom. The molecule has 9 heteroatoms. The minimum atomic E-state index is -1.40. The number of ether oxygens (including phenoxy) is 1. The molecule has 2 atom stereocenters. The van der Waals surface area contributed by atoms with Crippen LogP contribution in [-0.4, -0.2) is 59.3 Å². The Morgan fingerprint density at radius 3 is 1.80 bits per heavy atom. The Labute approximate surface area is 275 Å². The summed E-state index contributed by atoms with van der Waals surface area (Å²) in [5, 5.41) is 22.3. The molecular formula is C37H56N2O7. The van der Waals surface area contributed by atoms with Crippen LogP contribution in [0.3, 0.4) is 0 Å². The Kier molecular flexibility index (Phi) is 28.3. The first-order valence-corrected chi connectivity index (χ1v) is 16.5. The molecule has 0 aliphatic rings. The van der Waals surface area contributed by atoms with Crippen LogP contribution in [0.2, 0.25) is 0 Å². The molecule has 2 amide bonds. The molecule has 0 aromatic carbocycles. The quantitative estimate of drug-likeness (QED) is 0.0451. The van der Waals surface area contributed by atoms with Crippen molar-refractivity contribution in [2.75, 3.05) is 13.2 Å². The summed E-state index contributed by atoms with van der Waals surface area (Å²) in [6, 6.07) is -1.40. The zero-order chi connectivity index (χ0) is 34.1. The fraction of sp³-hybridized carbons (Fsp3) is 0.514. The van der Waals surface area contributed by atoms with E-state index in [-0.39, 0.29) is 24.8 Å². The maximum atomic E-state index is 12.5. The summed E-state index contributed by atoms with van der Waals surface area (Å²) in [6.07, 6.45) is 38.2. The van der Waals surface area contributed by atoms with E-state index < -0.39 is 30.6 Å². The highest BCUT2D eigenvalue weighted by Crippen LogP contribution is 2.08. The van der Waals surface area contributed by atoms with Crippen LogP contribution in [-0.2, 0) is 23.9 Å². The third-order valence-corrected chi connectivity index (χ3v) is 6.36. The molecule has 0 aromatic heterocycles. The molecule has 2 unspecified atom stereocenters. The minimum absolute atomic E-state index is 0.243. The normalized spacial score (nSPS) is 13.6. The van der Waals surface area contributed by atoms with Crippen molar-refractivity contribution < 1.29 is 34.1 Å². The molecule has 0 saturated heterocycles. The highest BCUT2D eigenvalue weighted by atomic mass is 16.5. The molecule has 0 radical (unpaired) electrons. The number of allylic oxidation sites excluding steroid dienone is 12. The molecular weight excluding hydrogens is 584 g/mol. The van der Waals surface area contributed by atoms with E-state index in [9.17, 15) is 19.2 Å². The number of carbonyl (C=O) groups excluding carboxylic acids is 3. The van der Waals surface area contributed by atoms with Gasteiger partial charge in [-0.05, 0) is 76.4 Å². The number of hydrogen-bond donors (Lipinski definition) is 4. The van der Waals surface area contributed by atoms with Crippen LogP contribution in [0.5, 0.6) is 0 Å². The van der Waals surface area contributed by atoms with Crippen molar-refractivity contribution in [3.63, 3.8) is 0 Å². The summed E-state index contributed by atoms with van der Waals surface area (Å²) >= 11 is 0. The number of carbonyl (C=O) groups is 4. The average Bonchev–Trinajstić information content (AvgIpc) is 3.03. The lowest BCUT2D eigenvalue weighted by atomic mass is 10.1. The summed E-state index contributed by atoms with van der Waals surface area (Å²) in [5.41, 5.74) is 0. The Morgan fingerprint density at radius 1 is 0.652 bits per heavy atom. The average molecular weight is 641 g/mol. The standard InChI is InChI=1S/C37H56N2O7/c1-3-5-7-9-10-11-12-13-14-15-16-21-25-29-36(43)46-32(26-22-18-8-6-4-2)27-23-19-17-20-24-28-34(41)38-30-35(42)39-33(31-40)37(44)45/h5-8,10-11,13-14,16,21-23,26-27,32-33,40H,3-4,9,12,15,17-20,24-25,28-31H2,1-2H3,(H,38,41)(H,39,42)(H,44,45)/b7-5-,8-6-,11-10-,14-13-,21-16-,26-22-,27-23-. The second-order valence-corrected chi connectivity index (χ2v) is 10.5. The molecule has 0 saturated carbocycles. The van der Waals surface area contributed by atoms with Gasteiger partial charge < -0.3 is 25.6 Å². The van der Waals surface area contributed by atoms with Crippen LogP contribution in [0.25, 0.3) is 0 Å². The zero-order valence-corrected chi connectivity index (χ0v) is 27.8. The summed E-state index contributed by atoms with van der Waals surface area (Å²) in [4.78, 5) is 46.9. The number of nitrogens with one attached hydrogen (secondary N) is 2. The maximum Gasteiger partial charge on any atom is 0.328 e. The number of amides is 2. The fourth-order valence-corrected chi connectivity index (χ4v) is 3.86. The van der Waals surface area contributed by atoms with Gasteiger partial charge in [-0.25, -0.2) is 4.79 Å². The molecule has 0 heterocycles. The van der Waals surface area contributed by atoms with Crippen molar-refractivity contribution in [3.8, 4) is 0 Å². The highest BCUT2D eigenvalue weighted by molar-refractivity contribution is 5.87. The molecule has 0 aliphatic carbocycles. The minimum Gasteiger partial charge on any atom is -0.480 e. The van der Waals surface area contributed by atoms with Gasteiger partial charge in [0.15, 0.2) is 0 Å². The third-order valence-electron chi connectivity index (χ3n) is 6.36. The van der Waals surface area contributed by atoms with Crippen LogP contribution < -0.4 is 10.6 Å². The number of rotatable bonds is 27. The van der Waals surface area contributed by atoms with Crippen LogP contribution >= 0.6 is 0 Å². The van der Waals surface area contributed by atoms with Gasteiger partial charge in [0.2, 0.25) is 11.8 Å². The number of aliphatic hydroxyl groups excluding tert-OH is 1. The van der Waals surface area contributed by atoms with Gasteiger partial charge in [-0.15, -0.1) is 0 Å². The van der Waals surface area contributed by atoms with Gasteiger partial charge in [0.1, 0.15) is 12.1 Å². The number of unbranched alkanes of at least 4 members (excludes halogenated alkanes) is 3. The first-order valence-electron chi connectivity index (χ1n) is 16.5. The Bertz CT molecular complexity index is 1050. The third kappa shape index (κ3) is 27.6. The number of carboxylic acid groups (broad SMARTS) is 1. The molecule has 0 spiro atoms. The molecule has 0 aromatic rings. The summed E-state index contributed by atoms with van der Waals surface area (Å²) in [6.45, 7) is 3.12. The van der Waals surface area contributed by atoms with E-state index in [4.69, 9.17) is 14.9 Å². The van der Waals surface area contributed by atoms with E-state index in [1.165, 1.54) is 0 Å². The van der Waals surface area contributed by atoms with E-state index in [0.717, 1.165) is 57.8 Å².